The smallest absolute Gasteiger partial charge is 0.244 e. The van der Waals surface area contributed by atoms with Gasteiger partial charge in [-0.05, 0) is 51.7 Å². The lowest BCUT2D eigenvalue weighted by molar-refractivity contribution is -0.116. The summed E-state index contributed by atoms with van der Waals surface area (Å²) in [7, 11) is 0. The third-order valence-electron chi connectivity index (χ3n) is 5.54. The van der Waals surface area contributed by atoms with E-state index in [1.807, 2.05) is 50.3 Å². The zero-order valence-corrected chi connectivity index (χ0v) is 20.8. The monoisotopic (exact) mass is 446 g/mol. The van der Waals surface area contributed by atoms with Crippen molar-refractivity contribution in [3.05, 3.63) is 82.9 Å². The molecule has 0 fully saturated rings. The highest BCUT2D eigenvalue weighted by atomic mass is 16.2. The van der Waals surface area contributed by atoms with Gasteiger partial charge >= 0.3 is 0 Å². The average Bonchev–Trinajstić information content (AvgIpc) is 2.79. The molecule has 0 unspecified atom stereocenters. The first kappa shape index (κ1) is 26.1. The van der Waals surface area contributed by atoms with E-state index in [1.165, 1.54) is 11.1 Å². The summed E-state index contributed by atoms with van der Waals surface area (Å²) in [5.74, 6) is 0.681. The summed E-state index contributed by atoms with van der Waals surface area (Å²) in [5.41, 5.74) is 4.27. The van der Waals surface area contributed by atoms with Crippen molar-refractivity contribution in [2.75, 3.05) is 13.1 Å². The van der Waals surface area contributed by atoms with Crippen LogP contribution < -0.4 is 10.6 Å². The molecular formula is C29H38N2O2. The summed E-state index contributed by atoms with van der Waals surface area (Å²) < 4.78 is 0. The van der Waals surface area contributed by atoms with Crippen LogP contribution in [0.25, 0.3) is 12.2 Å². The Morgan fingerprint density at radius 1 is 0.697 bits per heavy atom. The predicted molar refractivity (Wildman–Crippen MR) is 139 cm³/mol. The Labute approximate surface area is 199 Å². The fourth-order valence-corrected chi connectivity index (χ4v) is 3.16. The van der Waals surface area contributed by atoms with Gasteiger partial charge in [0.1, 0.15) is 0 Å². The number of hydrogen-bond acceptors (Lipinski definition) is 2. The Morgan fingerprint density at radius 2 is 1.03 bits per heavy atom. The Kier molecular flexibility index (Phi) is 9.65. The van der Waals surface area contributed by atoms with Gasteiger partial charge in [-0.25, -0.2) is 0 Å². The molecule has 2 aromatic rings. The van der Waals surface area contributed by atoms with Crippen LogP contribution in [0.15, 0.2) is 60.7 Å². The molecule has 2 aromatic carbocycles. The second-order valence-electron chi connectivity index (χ2n) is 9.91. The quantitative estimate of drug-likeness (QED) is 0.445. The molecule has 0 bridgehead atoms. The number of carbonyl (C=O) groups is 2. The minimum atomic E-state index is -0.273. The molecule has 0 spiro atoms. The summed E-state index contributed by atoms with van der Waals surface area (Å²) in [5, 5.41) is 5.85. The van der Waals surface area contributed by atoms with Crippen molar-refractivity contribution in [2.24, 2.45) is 5.41 Å². The average molecular weight is 447 g/mol. The minimum absolute atomic E-state index is 0.146. The SMILES string of the molecule is CC(C)c1ccc(C=CC(=O)NCC(C)(C)CNC(=O)C=Cc2ccc(C(C)C)cc2)cc1. The highest BCUT2D eigenvalue weighted by Gasteiger charge is 2.19. The van der Waals surface area contributed by atoms with E-state index in [-0.39, 0.29) is 17.2 Å². The van der Waals surface area contributed by atoms with Crippen LogP contribution in [0.5, 0.6) is 0 Å². The van der Waals surface area contributed by atoms with Gasteiger partial charge in [0.15, 0.2) is 0 Å². The fraction of sp³-hybridized carbons (Fsp3) is 0.379. The molecule has 176 valence electrons. The van der Waals surface area contributed by atoms with E-state index >= 15 is 0 Å². The van der Waals surface area contributed by atoms with Crippen LogP contribution in [0.1, 0.15) is 75.6 Å². The molecular weight excluding hydrogens is 408 g/mol. The van der Waals surface area contributed by atoms with E-state index in [9.17, 15) is 9.59 Å². The third kappa shape index (κ3) is 9.48. The predicted octanol–water partition coefficient (Wildman–Crippen LogP) is 5.92. The van der Waals surface area contributed by atoms with Gasteiger partial charge in [0.25, 0.3) is 0 Å². The van der Waals surface area contributed by atoms with Gasteiger partial charge in [0.05, 0.1) is 0 Å². The van der Waals surface area contributed by atoms with Crippen LogP contribution in [-0.2, 0) is 9.59 Å². The normalized spacial score (nSPS) is 12.1. The number of carbonyl (C=O) groups excluding carboxylic acids is 2. The molecule has 0 aromatic heterocycles. The van der Waals surface area contributed by atoms with Crippen LogP contribution in [0, 0.1) is 5.41 Å². The number of amides is 2. The van der Waals surface area contributed by atoms with Gasteiger partial charge in [0, 0.05) is 25.2 Å². The van der Waals surface area contributed by atoms with Gasteiger partial charge in [-0.15, -0.1) is 0 Å². The summed E-state index contributed by atoms with van der Waals surface area (Å²) in [4.78, 5) is 24.4. The highest BCUT2D eigenvalue weighted by Crippen LogP contribution is 2.16. The molecule has 0 saturated carbocycles. The number of rotatable bonds is 10. The Morgan fingerprint density at radius 3 is 1.33 bits per heavy atom. The lowest BCUT2D eigenvalue weighted by Gasteiger charge is -2.24. The van der Waals surface area contributed by atoms with Crippen LogP contribution >= 0.6 is 0 Å². The van der Waals surface area contributed by atoms with Crippen molar-refractivity contribution in [2.45, 2.75) is 53.4 Å². The molecule has 0 aliphatic heterocycles. The Bertz CT molecular complexity index is 886. The molecule has 0 heterocycles. The lowest BCUT2D eigenvalue weighted by Crippen LogP contribution is -2.41. The first-order valence-corrected chi connectivity index (χ1v) is 11.7. The van der Waals surface area contributed by atoms with Crippen LogP contribution in [-0.4, -0.2) is 24.9 Å². The van der Waals surface area contributed by atoms with Crippen molar-refractivity contribution in [3.63, 3.8) is 0 Å². The second kappa shape index (κ2) is 12.2. The van der Waals surface area contributed by atoms with Crippen molar-refractivity contribution in [3.8, 4) is 0 Å². The topological polar surface area (TPSA) is 58.2 Å². The molecule has 33 heavy (non-hydrogen) atoms. The van der Waals surface area contributed by atoms with Crippen molar-refractivity contribution < 1.29 is 9.59 Å². The van der Waals surface area contributed by atoms with Gasteiger partial charge in [-0.3, -0.25) is 9.59 Å². The van der Waals surface area contributed by atoms with Crippen molar-refractivity contribution in [1.29, 1.82) is 0 Å². The third-order valence-corrected chi connectivity index (χ3v) is 5.54. The maximum absolute atomic E-state index is 12.2. The van der Waals surface area contributed by atoms with Crippen molar-refractivity contribution in [1.82, 2.24) is 10.6 Å². The van der Waals surface area contributed by atoms with E-state index in [1.54, 1.807) is 12.2 Å². The molecule has 4 heteroatoms. The van der Waals surface area contributed by atoms with Crippen LogP contribution in [0.3, 0.4) is 0 Å². The molecule has 4 nitrogen and oxygen atoms in total. The van der Waals surface area contributed by atoms with Gasteiger partial charge in [-0.2, -0.15) is 0 Å². The molecule has 0 atom stereocenters. The molecule has 0 saturated heterocycles. The molecule has 0 radical (unpaired) electrons. The number of nitrogens with one attached hydrogen (secondary N) is 2. The van der Waals surface area contributed by atoms with E-state index in [4.69, 9.17) is 0 Å². The minimum Gasteiger partial charge on any atom is -0.352 e. The zero-order chi connectivity index (χ0) is 24.4. The summed E-state index contributed by atoms with van der Waals surface area (Å²) >= 11 is 0. The maximum Gasteiger partial charge on any atom is 0.244 e. The van der Waals surface area contributed by atoms with Gasteiger partial charge in [0.2, 0.25) is 11.8 Å². The first-order valence-electron chi connectivity index (χ1n) is 11.7. The summed E-state index contributed by atoms with van der Waals surface area (Å²) in [6.07, 6.45) is 6.72. The number of hydrogen-bond donors (Lipinski definition) is 2. The molecule has 2 N–H and O–H groups in total. The fourth-order valence-electron chi connectivity index (χ4n) is 3.16. The molecule has 2 amide bonds. The Hall–Kier alpha value is -3.14. The highest BCUT2D eigenvalue weighted by molar-refractivity contribution is 5.92. The zero-order valence-electron chi connectivity index (χ0n) is 20.8. The summed E-state index contributed by atoms with van der Waals surface area (Å²) in [6.45, 7) is 13.6. The molecule has 2 rings (SSSR count). The standard InChI is InChI=1S/C29H38N2O2/c1-21(2)25-13-7-23(8-14-25)11-17-27(32)30-19-29(5,6)20-31-28(33)18-12-24-9-15-26(16-10-24)22(3)4/h7-18,21-22H,19-20H2,1-6H3,(H,30,32)(H,31,33). The number of benzene rings is 2. The maximum atomic E-state index is 12.2. The Balaban J connectivity index is 1.76. The van der Waals surface area contributed by atoms with Crippen LogP contribution in [0.2, 0.25) is 0 Å². The van der Waals surface area contributed by atoms with Crippen molar-refractivity contribution >= 4 is 24.0 Å². The van der Waals surface area contributed by atoms with E-state index in [0.29, 0.717) is 24.9 Å². The van der Waals surface area contributed by atoms with E-state index < -0.39 is 0 Å². The largest absolute Gasteiger partial charge is 0.352 e. The molecule has 0 aliphatic carbocycles. The lowest BCUT2D eigenvalue weighted by atomic mass is 9.93. The van der Waals surface area contributed by atoms with Gasteiger partial charge < -0.3 is 10.6 Å². The first-order chi connectivity index (χ1) is 15.6. The van der Waals surface area contributed by atoms with Gasteiger partial charge in [-0.1, -0.05) is 90.1 Å². The summed E-state index contributed by atoms with van der Waals surface area (Å²) in [6, 6.07) is 16.4. The van der Waals surface area contributed by atoms with E-state index in [2.05, 4.69) is 62.6 Å². The van der Waals surface area contributed by atoms with E-state index in [0.717, 1.165) is 11.1 Å². The second-order valence-corrected chi connectivity index (χ2v) is 9.91. The molecule has 0 aliphatic rings. The van der Waals surface area contributed by atoms with Crippen LogP contribution in [0.4, 0.5) is 0 Å².